The first-order valence-electron chi connectivity index (χ1n) is 20.5. The van der Waals surface area contributed by atoms with Gasteiger partial charge in [-0.05, 0) is 115 Å². The van der Waals surface area contributed by atoms with Gasteiger partial charge in [-0.2, -0.15) is 0 Å². The van der Waals surface area contributed by atoms with Crippen molar-refractivity contribution in [2.75, 3.05) is 4.90 Å². The monoisotopic (exact) mass is 765 g/mol. The summed E-state index contributed by atoms with van der Waals surface area (Å²) >= 11 is 0. The second-order valence-electron chi connectivity index (χ2n) is 15.3. The second kappa shape index (κ2) is 15.1. The Balaban J connectivity index is 1.04. The van der Waals surface area contributed by atoms with Crippen molar-refractivity contribution in [3.8, 4) is 55.6 Å². The third kappa shape index (κ3) is 6.41. The quantitative estimate of drug-likeness (QED) is 0.153. The first-order valence-corrected chi connectivity index (χ1v) is 20.5. The minimum Gasteiger partial charge on any atom is -0.456 e. The van der Waals surface area contributed by atoms with E-state index in [4.69, 9.17) is 4.42 Å². The molecule has 60 heavy (non-hydrogen) atoms. The van der Waals surface area contributed by atoms with Gasteiger partial charge in [-0.25, -0.2) is 0 Å². The maximum atomic E-state index is 6.28. The summed E-state index contributed by atoms with van der Waals surface area (Å²) in [6.07, 6.45) is 0. The zero-order valence-corrected chi connectivity index (χ0v) is 32.9. The molecule has 282 valence electrons. The summed E-state index contributed by atoms with van der Waals surface area (Å²) in [6.45, 7) is 0. The molecule has 0 saturated heterocycles. The molecular weight excluding hydrogens is 727 g/mol. The van der Waals surface area contributed by atoms with Crippen molar-refractivity contribution in [1.82, 2.24) is 0 Å². The van der Waals surface area contributed by atoms with Crippen molar-refractivity contribution in [2.45, 2.75) is 0 Å². The van der Waals surface area contributed by atoms with Crippen LogP contribution in [0.3, 0.4) is 0 Å². The second-order valence-corrected chi connectivity index (χ2v) is 15.3. The number of fused-ring (bicyclic) bond motifs is 4. The molecule has 2 nitrogen and oxygen atoms in total. The van der Waals surface area contributed by atoms with E-state index in [1.54, 1.807) is 0 Å². The molecule has 1 heterocycles. The lowest BCUT2D eigenvalue weighted by atomic mass is 9.88. The molecule has 10 aromatic carbocycles. The number of benzene rings is 10. The standard InChI is InChI=1S/C58H39NO/c1-2-15-43(16-3-1)49-18-6-7-19-50(49)51-20-8-9-21-52(51)53-22-10-12-24-56(53)59(47-33-28-41(29-34-47)45-27-26-40-14-4-5-17-44(40)38-45)48-35-30-42(31-36-48)46-32-37-55-54-23-11-13-25-57(54)60-58(55)39-46/h1-39H. The minimum atomic E-state index is 0.896. The SMILES string of the molecule is c1ccc(-c2ccccc2-c2ccccc2-c2ccccc2N(c2ccc(-c3ccc4ccccc4c3)cc2)c2ccc(-c3ccc4c(c3)oc3ccccc34)cc2)cc1. The van der Waals surface area contributed by atoms with E-state index in [1.807, 2.05) is 12.1 Å². The first-order chi connectivity index (χ1) is 29.7. The smallest absolute Gasteiger partial charge is 0.136 e. The topological polar surface area (TPSA) is 16.4 Å². The maximum absolute atomic E-state index is 6.28. The molecule has 0 atom stereocenters. The van der Waals surface area contributed by atoms with Crippen LogP contribution >= 0.6 is 0 Å². The molecule has 0 N–H and O–H groups in total. The van der Waals surface area contributed by atoms with Crippen molar-refractivity contribution in [1.29, 1.82) is 0 Å². The maximum Gasteiger partial charge on any atom is 0.136 e. The Morgan fingerprint density at radius 2 is 0.750 bits per heavy atom. The van der Waals surface area contributed by atoms with Crippen LogP contribution in [0.25, 0.3) is 88.3 Å². The highest BCUT2D eigenvalue weighted by Gasteiger charge is 2.20. The molecule has 1 aromatic heterocycles. The molecule has 0 saturated carbocycles. The van der Waals surface area contributed by atoms with Crippen LogP contribution in [-0.4, -0.2) is 0 Å². The van der Waals surface area contributed by atoms with Gasteiger partial charge < -0.3 is 9.32 Å². The lowest BCUT2D eigenvalue weighted by Gasteiger charge is -2.29. The van der Waals surface area contributed by atoms with Crippen molar-refractivity contribution < 1.29 is 4.42 Å². The van der Waals surface area contributed by atoms with Gasteiger partial charge in [-0.1, -0.05) is 182 Å². The number of nitrogens with zero attached hydrogens (tertiary/aromatic N) is 1. The van der Waals surface area contributed by atoms with Crippen molar-refractivity contribution in [3.63, 3.8) is 0 Å². The number of para-hydroxylation sites is 2. The Morgan fingerprint density at radius 1 is 0.267 bits per heavy atom. The fraction of sp³-hybridized carbons (Fsp3) is 0. The van der Waals surface area contributed by atoms with Gasteiger partial charge >= 0.3 is 0 Å². The van der Waals surface area contributed by atoms with E-state index < -0.39 is 0 Å². The summed E-state index contributed by atoms with van der Waals surface area (Å²) in [5, 5.41) is 4.75. The molecule has 0 spiro atoms. The number of rotatable bonds is 8. The zero-order chi connectivity index (χ0) is 39.8. The normalized spacial score (nSPS) is 11.3. The molecule has 0 aliphatic rings. The Kier molecular flexibility index (Phi) is 8.87. The van der Waals surface area contributed by atoms with E-state index in [9.17, 15) is 0 Å². The summed E-state index contributed by atoms with van der Waals surface area (Å²) in [5.74, 6) is 0. The van der Waals surface area contributed by atoms with Crippen LogP contribution in [-0.2, 0) is 0 Å². The fourth-order valence-electron chi connectivity index (χ4n) is 8.74. The molecule has 0 amide bonds. The molecule has 0 aliphatic heterocycles. The van der Waals surface area contributed by atoms with Crippen LogP contribution in [0.2, 0.25) is 0 Å². The fourth-order valence-corrected chi connectivity index (χ4v) is 8.74. The lowest BCUT2D eigenvalue weighted by Crippen LogP contribution is -2.11. The summed E-state index contributed by atoms with van der Waals surface area (Å²) in [6, 6.07) is 85.0. The van der Waals surface area contributed by atoms with E-state index >= 15 is 0 Å². The predicted molar refractivity (Wildman–Crippen MR) is 253 cm³/mol. The summed E-state index contributed by atoms with van der Waals surface area (Å²) in [5.41, 5.74) is 16.8. The summed E-state index contributed by atoms with van der Waals surface area (Å²) in [4.78, 5) is 2.39. The zero-order valence-electron chi connectivity index (χ0n) is 32.9. The van der Waals surface area contributed by atoms with E-state index in [-0.39, 0.29) is 0 Å². The van der Waals surface area contributed by atoms with Gasteiger partial charge in [0.05, 0.1) is 5.69 Å². The van der Waals surface area contributed by atoms with Gasteiger partial charge in [0.25, 0.3) is 0 Å². The Labute approximate surface area is 349 Å². The molecule has 0 bridgehead atoms. The minimum absolute atomic E-state index is 0.896. The summed E-state index contributed by atoms with van der Waals surface area (Å²) < 4.78 is 6.28. The van der Waals surface area contributed by atoms with Crippen LogP contribution in [0, 0.1) is 0 Å². The molecule has 11 rings (SSSR count). The predicted octanol–water partition coefficient (Wildman–Crippen LogP) is 16.5. The van der Waals surface area contributed by atoms with E-state index in [0.29, 0.717) is 0 Å². The highest BCUT2D eigenvalue weighted by molar-refractivity contribution is 6.06. The van der Waals surface area contributed by atoms with Gasteiger partial charge in [0.1, 0.15) is 11.2 Å². The molecular formula is C58H39NO. The van der Waals surface area contributed by atoms with Crippen molar-refractivity contribution >= 4 is 49.8 Å². The van der Waals surface area contributed by atoms with Gasteiger partial charge in [-0.15, -0.1) is 0 Å². The Morgan fingerprint density at radius 3 is 1.47 bits per heavy atom. The average Bonchev–Trinajstić information content (AvgIpc) is 3.70. The molecule has 11 aromatic rings. The van der Waals surface area contributed by atoms with Crippen molar-refractivity contribution in [3.05, 3.63) is 237 Å². The summed E-state index contributed by atoms with van der Waals surface area (Å²) in [7, 11) is 0. The lowest BCUT2D eigenvalue weighted by molar-refractivity contribution is 0.669. The van der Waals surface area contributed by atoms with Gasteiger partial charge in [0, 0.05) is 27.7 Å². The number of hydrogen-bond donors (Lipinski definition) is 0. The van der Waals surface area contributed by atoms with Gasteiger partial charge in [0.15, 0.2) is 0 Å². The Bertz CT molecular complexity index is 3310. The molecule has 0 fully saturated rings. The number of furan rings is 1. The van der Waals surface area contributed by atoms with Crippen LogP contribution in [0.1, 0.15) is 0 Å². The third-order valence-electron chi connectivity index (χ3n) is 11.7. The highest BCUT2D eigenvalue weighted by atomic mass is 16.3. The van der Waals surface area contributed by atoms with Crippen LogP contribution in [0.15, 0.2) is 241 Å². The van der Waals surface area contributed by atoms with Gasteiger partial charge in [0.2, 0.25) is 0 Å². The van der Waals surface area contributed by atoms with Crippen LogP contribution in [0.5, 0.6) is 0 Å². The molecule has 0 unspecified atom stereocenters. The molecule has 0 aliphatic carbocycles. The van der Waals surface area contributed by atoms with Crippen LogP contribution in [0.4, 0.5) is 17.1 Å². The molecule has 0 radical (unpaired) electrons. The first kappa shape index (κ1) is 35.2. The third-order valence-corrected chi connectivity index (χ3v) is 11.7. The molecule has 2 heteroatoms. The average molecular weight is 766 g/mol. The van der Waals surface area contributed by atoms with Crippen LogP contribution < -0.4 is 4.90 Å². The van der Waals surface area contributed by atoms with Crippen molar-refractivity contribution in [2.24, 2.45) is 0 Å². The number of anilines is 3. The number of hydrogen-bond acceptors (Lipinski definition) is 2. The Hall–Kier alpha value is -7.94. The van der Waals surface area contributed by atoms with E-state index in [1.165, 1.54) is 49.7 Å². The van der Waals surface area contributed by atoms with Gasteiger partial charge in [-0.3, -0.25) is 0 Å². The highest BCUT2D eigenvalue weighted by Crippen LogP contribution is 2.46. The van der Waals surface area contributed by atoms with E-state index in [2.05, 4.69) is 229 Å². The largest absolute Gasteiger partial charge is 0.456 e. The van der Waals surface area contributed by atoms with E-state index in [0.717, 1.165) is 55.7 Å².